The zero-order valence-electron chi connectivity index (χ0n) is 10.9. The van der Waals surface area contributed by atoms with Gasteiger partial charge >= 0.3 is 0 Å². The highest BCUT2D eigenvalue weighted by atomic mass is 19.1. The Labute approximate surface area is 108 Å². The molecule has 3 nitrogen and oxygen atoms in total. The quantitative estimate of drug-likeness (QED) is 0.597. The summed E-state index contributed by atoms with van der Waals surface area (Å²) in [6, 6.07) is 5.13. The molecular formula is C14H21FN2O. The largest absolute Gasteiger partial charge is 0.396 e. The molecule has 0 unspecified atom stereocenters. The Morgan fingerprint density at radius 3 is 2.94 bits per heavy atom. The molecule has 18 heavy (non-hydrogen) atoms. The third kappa shape index (κ3) is 3.96. The highest BCUT2D eigenvalue weighted by Crippen LogP contribution is 2.28. The number of hydrogen-bond acceptors (Lipinski definition) is 3. The first kappa shape index (κ1) is 13.3. The smallest absolute Gasteiger partial charge is 0.150 e. The molecule has 4 heteroatoms. The Morgan fingerprint density at radius 2 is 2.22 bits per heavy atom. The Hall–Kier alpha value is -1.13. The lowest BCUT2D eigenvalue weighted by molar-refractivity contribution is 0.101. The van der Waals surface area contributed by atoms with Gasteiger partial charge in [0.15, 0.2) is 5.82 Å². The molecule has 1 aliphatic carbocycles. The second-order valence-electron chi connectivity index (χ2n) is 5.08. The normalized spacial score (nSPS) is 15.3. The average Bonchev–Trinajstić information content (AvgIpc) is 3.15. The summed E-state index contributed by atoms with van der Waals surface area (Å²) >= 11 is 0. The van der Waals surface area contributed by atoms with Crippen LogP contribution in [-0.2, 0) is 11.3 Å². The molecule has 1 aromatic rings. The monoisotopic (exact) mass is 252 g/mol. The van der Waals surface area contributed by atoms with Crippen LogP contribution in [0.25, 0.3) is 0 Å². The van der Waals surface area contributed by atoms with Gasteiger partial charge in [-0.3, -0.25) is 4.90 Å². The maximum Gasteiger partial charge on any atom is 0.150 e. The Bertz CT molecular complexity index is 393. The van der Waals surface area contributed by atoms with Crippen LogP contribution >= 0.6 is 0 Å². The van der Waals surface area contributed by atoms with E-state index in [1.54, 1.807) is 18.2 Å². The minimum atomic E-state index is -0.303. The number of nitrogen functional groups attached to an aromatic ring is 1. The molecule has 100 valence electrons. The summed E-state index contributed by atoms with van der Waals surface area (Å²) in [5, 5.41) is 0. The summed E-state index contributed by atoms with van der Waals surface area (Å²) in [7, 11) is 1.96. The Kier molecular flexibility index (Phi) is 4.55. The first-order valence-corrected chi connectivity index (χ1v) is 6.46. The van der Waals surface area contributed by atoms with Crippen LogP contribution in [-0.4, -0.2) is 31.7 Å². The number of nitrogens with two attached hydrogens (primary N) is 1. The number of rotatable bonds is 7. The molecule has 0 spiro atoms. The van der Waals surface area contributed by atoms with Gasteiger partial charge in [0.1, 0.15) is 0 Å². The van der Waals surface area contributed by atoms with Crippen molar-refractivity contribution < 1.29 is 9.13 Å². The van der Waals surface area contributed by atoms with E-state index in [1.165, 1.54) is 12.8 Å². The van der Waals surface area contributed by atoms with Gasteiger partial charge in [-0.25, -0.2) is 4.39 Å². The van der Waals surface area contributed by atoms with Crippen molar-refractivity contribution in [3.8, 4) is 0 Å². The van der Waals surface area contributed by atoms with Crippen LogP contribution in [0.15, 0.2) is 18.2 Å². The van der Waals surface area contributed by atoms with E-state index in [9.17, 15) is 4.39 Å². The van der Waals surface area contributed by atoms with Crippen molar-refractivity contribution in [1.29, 1.82) is 0 Å². The number of halogens is 1. The predicted octanol–water partition coefficient (Wildman–Crippen LogP) is 2.27. The maximum atomic E-state index is 13.7. The number of anilines is 1. The maximum absolute atomic E-state index is 13.7. The van der Waals surface area contributed by atoms with E-state index < -0.39 is 0 Å². The third-order valence-electron chi connectivity index (χ3n) is 3.22. The minimum Gasteiger partial charge on any atom is -0.396 e. The van der Waals surface area contributed by atoms with Crippen molar-refractivity contribution >= 4 is 5.69 Å². The zero-order chi connectivity index (χ0) is 13.0. The topological polar surface area (TPSA) is 38.5 Å². The summed E-state index contributed by atoms with van der Waals surface area (Å²) in [4.78, 5) is 2.05. The molecule has 1 aromatic carbocycles. The molecule has 1 saturated carbocycles. The second-order valence-corrected chi connectivity index (χ2v) is 5.08. The van der Waals surface area contributed by atoms with E-state index in [-0.39, 0.29) is 11.5 Å². The lowest BCUT2D eigenvalue weighted by Gasteiger charge is -2.17. The molecule has 0 aliphatic heterocycles. The van der Waals surface area contributed by atoms with E-state index in [1.807, 2.05) is 11.9 Å². The van der Waals surface area contributed by atoms with Gasteiger partial charge in [0.05, 0.1) is 12.3 Å². The van der Waals surface area contributed by atoms with Gasteiger partial charge in [0.25, 0.3) is 0 Å². The fraction of sp³-hybridized carbons (Fsp3) is 0.571. The zero-order valence-corrected chi connectivity index (χ0v) is 10.9. The lowest BCUT2D eigenvalue weighted by atomic mass is 10.2. The summed E-state index contributed by atoms with van der Waals surface area (Å²) < 4.78 is 19.2. The molecule has 0 amide bonds. The standard InChI is InChI=1S/C14H21FN2O/c1-17(7-8-18-10-11-5-6-11)9-12-3-2-4-13(16)14(12)15/h2-4,11H,5-10,16H2,1H3. The third-order valence-corrected chi connectivity index (χ3v) is 3.22. The number of ether oxygens (including phenoxy) is 1. The van der Waals surface area contributed by atoms with Gasteiger partial charge in [-0.2, -0.15) is 0 Å². The van der Waals surface area contributed by atoms with Gasteiger partial charge in [-0.1, -0.05) is 12.1 Å². The van der Waals surface area contributed by atoms with E-state index in [0.717, 1.165) is 19.1 Å². The second kappa shape index (κ2) is 6.16. The summed E-state index contributed by atoms with van der Waals surface area (Å²) in [6.07, 6.45) is 2.62. The highest BCUT2D eigenvalue weighted by Gasteiger charge is 2.20. The molecule has 0 aromatic heterocycles. The summed E-state index contributed by atoms with van der Waals surface area (Å²) in [5.41, 5.74) is 6.39. The van der Waals surface area contributed by atoms with Crippen LogP contribution < -0.4 is 5.73 Å². The predicted molar refractivity (Wildman–Crippen MR) is 70.7 cm³/mol. The van der Waals surface area contributed by atoms with Crippen molar-refractivity contribution in [1.82, 2.24) is 4.90 Å². The van der Waals surface area contributed by atoms with Crippen molar-refractivity contribution in [3.05, 3.63) is 29.6 Å². The Balaban J connectivity index is 1.71. The molecule has 2 N–H and O–H groups in total. The summed E-state index contributed by atoms with van der Waals surface area (Å²) in [6.45, 7) is 2.95. The average molecular weight is 252 g/mol. The van der Waals surface area contributed by atoms with Crippen LogP contribution in [0, 0.1) is 11.7 Å². The summed E-state index contributed by atoms with van der Waals surface area (Å²) in [5.74, 6) is 0.491. The fourth-order valence-electron chi connectivity index (χ4n) is 1.85. The van der Waals surface area contributed by atoms with Gasteiger partial charge in [-0.05, 0) is 31.9 Å². The van der Waals surface area contributed by atoms with E-state index in [2.05, 4.69) is 0 Å². The first-order valence-electron chi connectivity index (χ1n) is 6.46. The molecule has 0 radical (unpaired) electrons. The van der Waals surface area contributed by atoms with Gasteiger partial charge in [0.2, 0.25) is 0 Å². The molecule has 0 saturated heterocycles. The van der Waals surface area contributed by atoms with Crippen LogP contribution in [0.3, 0.4) is 0 Å². The van der Waals surface area contributed by atoms with Crippen LogP contribution in [0.1, 0.15) is 18.4 Å². The number of hydrogen-bond donors (Lipinski definition) is 1. The van der Waals surface area contributed by atoms with Gasteiger partial charge < -0.3 is 10.5 Å². The Morgan fingerprint density at radius 1 is 1.44 bits per heavy atom. The molecule has 1 fully saturated rings. The van der Waals surface area contributed by atoms with Gasteiger partial charge in [-0.15, -0.1) is 0 Å². The molecule has 0 atom stereocenters. The molecule has 0 bridgehead atoms. The fourth-order valence-corrected chi connectivity index (χ4v) is 1.85. The van der Waals surface area contributed by atoms with Gasteiger partial charge in [0, 0.05) is 25.3 Å². The van der Waals surface area contributed by atoms with Crippen molar-refractivity contribution in [2.45, 2.75) is 19.4 Å². The van der Waals surface area contributed by atoms with Crippen LogP contribution in [0.2, 0.25) is 0 Å². The van der Waals surface area contributed by atoms with E-state index in [4.69, 9.17) is 10.5 Å². The molecular weight excluding hydrogens is 231 g/mol. The lowest BCUT2D eigenvalue weighted by Crippen LogP contribution is -2.23. The van der Waals surface area contributed by atoms with Crippen molar-refractivity contribution in [3.63, 3.8) is 0 Å². The van der Waals surface area contributed by atoms with Crippen molar-refractivity contribution in [2.24, 2.45) is 5.92 Å². The van der Waals surface area contributed by atoms with Crippen LogP contribution in [0.4, 0.5) is 10.1 Å². The van der Waals surface area contributed by atoms with E-state index in [0.29, 0.717) is 18.7 Å². The highest BCUT2D eigenvalue weighted by molar-refractivity contribution is 5.42. The minimum absolute atomic E-state index is 0.214. The van der Waals surface area contributed by atoms with Crippen molar-refractivity contribution in [2.75, 3.05) is 32.5 Å². The van der Waals surface area contributed by atoms with E-state index >= 15 is 0 Å². The number of likely N-dealkylation sites (N-methyl/N-ethyl adjacent to an activating group) is 1. The molecule has 2 rings (SSSR count). The first-order chi connectivity index (χ1) is 8.66. The number of benzene rings is 1. The molecule has 0 heterocycles. The number of nitrogens with zero attached hydrogens (tertiary/aromatic N) is 1. The van der Waals surface area contributed by atoms with Crippen LogP contribution in [0.5, 0.6) is 0 Å². The molecule has 1 aliphatic rings. The SMILES string of the molecule is CN(CCOCC1CC1)Cc1cccc(N)c1F.